The monoisotopic (exact) mass is 396 g/mol. The summed E-state index contributed by atoms with van der Waals surface area (Å²) in [4.78, 5) is 12.2. The Morgan fingerprint density at radius 3 is 2.41 bits per heavy atom. The highest BCUT2D eigenvalue weighted by atomic mass is 35.5. The van der Waals surface area contributed by atoms with E-state index in [1.807, 2.05) is 31.2 Å². The van der Waals surface area contributed by atoms with Crippen molar-refractivity contribution in [3.63, 3.8) is 0 Å². The van der Waals surface area contributed by atoms with Crippen LogP contribution in [0.15, 0.2) is 72.8 Å². The molecule has 0 atom stereocenters. The van der Waals surface area contributed by atoms with Crippen LogP contribution in [0.3, 0.4) is 0 Å². The van der Waals surface area contributed by atoms with E-state index in [0.29, 0.717) is 27.8 Å². The molecule has 27 heavy (non-hydrogen) atoms. The van der Waals surface area contributed by atoms with Crippen LogP contribution in [0.1, 0.15) is 15.9 Å². The Labute approximate surface area is 168 Å². The molecule has 0 unspecified atom stereocenters. The van der Waals surface area contributed by atoms with E-state index in [9.17, 15) is 4.79 Å². The molecule has 3 aromatic carbocycles. The number of nitrogens with one attached hydrogen (secondary N) is 2. The van der Waals surface area contributed by atoms with Crippen molar-refractivity contribution in [1.82, 2.24) is 5.32 Å². The number of benzene rings is 3. The third-order valence-electron chi connectivity index (χ3n) is 3.69. The molecular formula is C21H17ClN2O2S. The molecule has 0 aliphatic carbocycles. The van der Waals surface area contributed by atoms with Crippen molar-refractivity contribution in [1.29, 1.82) is 0 Å². The molecule has 4 nitrogen and oxygen atoms in total. The van der Waals surface area contributed by atoms with E-state index >= 15 is 0 Å². The first-order valence-electron chi connectivity index (χ1n) is 8.23. The van der Waals surface area contributed by atoms with Crippen LogP contribution in [0.5, 0.6) is 11.5 Å². The lowest BCUT2D eigenvalue weighted by Gasteiger charge is -2.15. The number of rotatable bonds is 4. The topological polar surface area (TPSA) is 50.4 Å². The van der Waals surface area contributed by atoms with Gasteiger partial charge in [-0.25, -0.2) is 0 Å². The van der Waals surface area contributed by atoms with Crippen molar-refractivity contribution in [2.24, 2.45) is 0 Å². The molecule has 0 bridgehead atoms. The summed E-state index contributed by atoms with van der Waals surface area (Å²) in [5, 5.41) is 6.53. The van der Waals surface area contributed by atoms with Gasteiger partial charge in [-0.3, -0.25) is 10.1 Å². The first-order chi connectivity index (χ1) is 13.0. The van der Waals surface area contributed by atoms with Crippen LogP contribution in [0.4, 0.5) is 5.69 Å². The van der Waals surface area contributed by atoms with Gasteiger partial charge < -0.3 is 10.1 Å². The Morgan fingerprint density at radius 2 is 1.70 bits per heavy atom. The molecule has 3 rings (SSSR count). The highest BCUT2D eigenvalue weighted by Gasteiger charge is 2.11. The molecule has 0 aliphatic heterocycles. The minimum atomic E-state index is -0.277. The molecule has 0 aromatic heterocycles. The summed E-state index contributed by atoms with van der Waals surface area (Å²) in [6.07, 6.45) is 0. The zero-order chi connectivity index (χ0) is 19.2. The molecule has 0 radical (unpaired) electrons. The highest BCUT2D eigenvalue weighted by Crippen LogP contribution is 2.31. The standard InChI is InChI=1S/C21H17ClN2O2S/c1-14-7-12-19(26-17-10-8-16(22)9-11-17)18(13-14)23-21(27)24-20(25)15-5-3-2-4-6-15/h2-13H,1H3,(H2,23,24,25,27). The van der Waals surface area contributed by atoms with Crippen molar-refractivity contribution in [2.45, 2.75) is 6.92 Å². The van der Waals surface area contributed by atoms with E-state index in [1.54, 1.807) is 48.5 Å². The summed E-state index contributed by atoms with van der Waals surface area (Å²) in [6, 6.07) is 21.6. The molecule has 6 heteroatoms. The van der Waals surface area contributed by atoms with E-state index in [1.165, 1.54) is 0 Å². The molecular weight excluding hydrogens is 380 g/mol. The van der Waals surface area contributed by atoms with E-state index in [-0.39, 0.29) is 11.0 Å². The first kappa shape index (κ1) is 18.9. The Hall–Kier alpha value is -2.89. The minimum Gasteiger partial charge on any atom is -0.455 e. The van der Waals surface area contributed by atoms with Crippen LogP contribution < -0.4 is 15.4 Å². The number of hydrogen-bond donors (Lipinski definition) is 2. The predicted molar refractivity (Wildman–Crippen MR) is 113 cm³/mol. The quantitative estimate of drug-likeness (QED) is 0.566. The number of amides is 1. The molecule has 0 spiro atoms. The maximum absolute atomic E-state index is 12.2. The van der Waals surface area contributed by atoms with Crippen LogP contribution >= 0.6 is 23.8 Å². The minimum absolute atomic E-state index is 0.190. The molecule has 136 valence electrons. The van der Waals surface area contributed by atoms with Crippen molar-refractivity contribution in [2.75, 3.05) is 5.32 Å². The van der Waals surface area contributed by atoms with Crippen LogP contribution in [0.2, 0.25) is 5.02 Å². The second kappa shape index (κ2) is 8.66. The van der Waals surface area contributed by atoms with Gasteiger partial charge in [-0.1, -0.05) is 35.9 Å². The lowest BCUT2D eigenvalue weighted by molar-refractivity contribution is 0.0977. The third kappa shape index (κ3) is 5.29. The number of thiocarbonyl (C=S) groups is 1. The van der Waals surface area contributed by atoms with Gasteiger partial charge in [-0.05, 0) is 73.2 Å². The van der Waals surface area contributed by atoms with E-state index in [0.717, 1.165) is 5.56 Å². The number of halogens is 1. The summed E-state index contributed by atoms with van der Waals surface area (Å²) in [7, 11) is 0. The van der Waals surface area contributed by atoms with Gasteiger partial charge >= 0.3 is 0 Å². The summed E-state index contributed by atoms with van der Waals surface area (Å²) < 4.78 is 5.92. The van der Waals surface area contributed by atoms with Gasteiger partial charge in [0, 0.05) is 10.6 Å². The normalized spacial score (nSPS) is 10.1. The van der Waals surface area contributed by atoms with E-state index in [2.05, 4.69) is 10.6 Å². The Morgan fingerprint density at radius 1 is 1.00 bits per heavy atom. The van der Waals surface area contributed by atoms with Crippen molar-refractivity contribution < 1.29 is 9.53 Å². The van der Waals surface area contributed by atoms with E-state index in [4.69, 9.17) is 28.6 Å². The van der Waals surface area contributed by atoms with Crippen molar-refractivity contribution in [3.05, 3.63) is 88.9 Å². The molecule has 0 heterocycles. The zero-order valence-corrected chi connectivity index (χ0v) is 16.1. The lowest BCUT2D eigenvalue weighted by atomic mass is 10.2. The van der Waals surface area contributed by atoms with Crippen molar-refractivity contribution in [3.8, 4) is 11.5 Å². The third-order valence-corrected chi connectivity index (χ3v) is 4.14. The Bertz CT molecular complexity index is 960. The average Bonchev–Trinajstić information content (AvgIpc) is 2.66. The van der Waals surface area contributed by atoms with Gasteiger partial charge in [-0.15, -0.1) is 0 Å². The van der Waals surface area contributed by atoms with Gasteiger partial charge in [0.2, 0.25) is 0 Å². The molecule has 0 fully saturated rings. The second-order valence-electron chi connectivity index (χ2n) is 5.83. The smallest absolute Gasteiger partial charge is 0.257 e. The number of aryl methyl sites for hydroxylation is 1. The van der Waals surface area contributed by atoms with Crippen LogP contribution in [0, 0.1) is 6.92 Å². The van der Waals surface area contributed by atoms with Gasteiger partial charge in [-0.2, -0.15) is 0 Å². The first-order valence-corrected chi connectivity index (χ1v) is 9.01. The van der Waals surface area contributed by atoms with Gasteiger partial charge in [0.05, 0.1) is 5.69 Å². The SMILES string of the molecule is Cc1ccc(Oc2ccc(Cl)cc2)c(NC(=S)NC(=O)c2ccccc2)c1. The maximum atomic E-state index is 12.2. The highest BCUT2D eigenvalue weighted by molar-refractivity contribution is 7.80. The Balaban J connectivity index is 1.73. The van der Waals surface area contributed by atoms with Gasteiger partial charge in [0.1, 0.15) is 5.75 Å². The molecule has 3 aromatic rings. The summed E-state index contributed by atoms with van der Waals surface area (Å²) >= 11 is 11.2. The van der Waals surface area contributed by atoms with Crippen LogP contribution in [0.25, 0.3) is 0 Å². The van der Waals surface area contributed by atoms with E-state index < -0.39 is 0 Å². The number of hydrogen-bond acceptors (Lipinski definition) is 3. The maximum Gasteiger partial charge on any atom is 0.257 e. The number of ether oxygens (including phenoxy) is 1. The zero-order valence-electron chi connectivity index (χ0n) is 14.5. The molecule has 0 aliphatic rings. The van der Waals surface area contributed by atoms with Crippen LogP contribution in [-0.4, -0.2) is 11.0 Å². The molecule has 2 N–H and O–H groups in total. The molecule has 0 saturated heterocycles. The fraction of sp³-hybridized carbons (Fsp3) is 0.0476. The number of carbonyl (C=O) groups excluding carboxylic acids is 1. The second-order valence-corrected chi connectivity index (χ2v) is 6.67. The lowest BCUT2D eigenvalue weighted by Crippen LogP contribution is -2.34. The Kier molecular flexibility index (Phi) is 6.06. The summed E-state index contributed by atoms with van der Waals surface area (Å²) in [5.41, 5.74) is 2.21. The fourth-order valence-corrected chi connectivity index (χ4v) is 2.71. The summed E-state index contributed by atoms with van der Waals surface area (Å²) in [6.45, 7) is 1.96. The fourth-order valence-electron chi connectivity index (χ4n) is 2.38. The molecule has 1 amide bonds. The van der Waals surface area contributed by atoms with Crippen LogP contribution in [-0.2, 0) is 0 Å². The largest absolute Gasteiger partial charge is 0.455 e. The van der Waals surface area contributed by atoms with Gasteiger partial charge in [0.25, 0.3) is 5.91 Å². The predicted octanol–water partition coefficient (Wildman–Crippen LogP) is 5.57. The number of anilines is 1. The van der Waals surface area contributed by atoms with Gasteiger partial charge in [0.15, 0.2) is 10.9 Å². The summed E-state index contributed by atoms with van der Waals surface area (Å²) in [5.74, 6) is 0.950. The number of carbonyl (C=O) groups is 1. The van der Waals surface area contributed by atoms with Crippen molar-refractivity contribution >= 4 is 40.5 Å². The molecule has 0 saturated carbocycles. The average molecular weight is 397 g/mol.